The van der Waals surface area contributed by atoms with Gasteiger partial charge in [0.2, 0.25) is 0 Å². The summed E-state index contributed by atoms with van der Waals surface area (Å²) in [5, 5.41) is 0.397. The van der Waals surface area contributed by atoms with Gasteiger partial charge >= 0.3 is 0 Å². The summed E-state index contributed by atoms with van der Waals surface area (Å²) in [6.45, 7) is 7.54. The van der Waals surface area contributed by atoms with Crippen LogP contribution in [0.15, 0.2) is 18.3 Å². The van der Waals surface area contributed by atoms with Gasteiger partial charge in [0.25, 0.3) is 0 Å². The van der Waals surface area contributed by atoms with E-state index in [0.29, 0.717) is 23.6 Å². The van der Waals surface area contributed by atoms with Gasteiger partial charge in [0.05, 0.1) is 6.61 Å². The first-order valence-electron chi connectivity index (χ1n) is 6.26. The minimum absolute atomic E-state index is 0.0948. The standard InChI is InChI=1S/C13H19ClN2O2/c1-10(2)16-6-7-17-11(8-16)9-18-12-4-3-5-15-13(12)14/h3-5,10-11H,6-9H2,1-2H3. The Morgan fingerprint density at radius 3 is 3.17 bits per heavy atom. The molecule has 0 amide bonds. The maximum absolute atomic E-state index is 5.93. The number of aromatic nitrogens is 1. The summed E-state index contributed by atoms with van der Waals surface area (Å²) in [6, 6.07) is 4.17. The zero-order chi connectivity index (χ0) is 13.0. The fourth-order valence-electron chi connectivity index (χ4n) is 1.97. The SMILES string of the molecule is CC(C)N1CCOC(COc2cccnc2Cl)C1. The van der Waals surface area contributed by atoms with E-state index in [4.69, 9.17) is 21.1 Å². The maximum Gasteiger partial charge on any atom is 0.171 e. The Morgan fingerprint density at radius 1 is 1.61 bits per heavy atom. The molecule has 1 aliphatic heterocycles. The van der Waals surface area contributed by atoms with Crippen LogP contribution < -0.4 is 4.74 Å². The lowest BCUT2D eigenvalue weighted by atomic mass is 10.2. The first kappa shape index (κ1) is 13.6. The Balaban J connectivity index is 1.85. The molecule has 0 bridgehead atoms. The van der Waals surface area contributed by atoms with Crippen LogP contribution in [0.5, 0.6) is 5.75 Å². The van der Waals surface area contributed by atoms with Crippen LogP contribution in [0.4, 0.5) is 0 Å². The third-order valence-electron chi connectivity index (χ3n) is 3.05. The van der Waals surface area contributed by atoms with Gasteiger partial charge in [-0.3, -0.25) is 4.90 Å². The largest absolute Gasteiger partial charge is 0.488 e. The minimum Gasteiger partial charge on any atom is -0.488 e. The molecule has 18 heavy (non-hydrogen) atoms. The Labute approximate surface area is 113 Å². The molecule has 1 unspecified atom stereocenters. The van der Waals surface area contributed by atoms with Crippen LogP contribution in [-0.4, -0.2) is 48.3 Å². The fraction of sp³-hybridized carbons (Fsp3) is 0.615. The van der Waals surface area contributed by atoms with Gasteiger partial charge in [-0.25, -0.2) is 4.98 Å². The summed E-state index contributed by atoms with van der Waals surface area (Å²) in [4.78, 5) is 6.37. The number of ether oxygens (including phenoxy) is 2. The van der Waals surface area contributed by atoms with Crippen molar-refractivity contribution in [3.63, 3.8) is 0 Å². The molecular weight excluding hydrogens is 252 g/mol. The van der Waals surface area contributed by atoms with Crippen LogP contribution in [0, 0.1) is 0 Å². The monoisotopic (exact) mass is 270 g/mol. The van der Waals surface area contributed by atoms with Gasteiger partial charge in [0, 0.05) is 25.3 Å². The number of morpholine rings is 1. The van der Waals surface area contributed by atoms with E-state index in [2.05, 4.69) is 23.7 Å². The van der Waals surface area contributed by atoms with Gasteiger partial charge in [0.1, 0.15) is 12.7 Å². The van der Waals surface area contributed by atoms with Gasteiger partial charge in [-0.15, -0.1) is 0 Å². The quantitative estimate of drug-likeness (QED) is 0.786. The van der Waals surface area contributed by atoms with Crippen molar-refractivity contribution in [2.45, 2.75) is 26.0 Å². The van der Waals surface area contributed by atoms with E-state index in [9.17, 15) is 0 Å². The molecule has 1 saturated heterocycles. The van der Waals surface area contributed by atoms with E-state index in [0.717, 1.165) is 19.7 Å². The molecule has 4 nitrogen and oxygen atoms in total. The third-order valence-corrected chi connectivity index (χ3v) is 3.33. The van der Waals surface area contributed by atoms with Crippen LogP contribution >= 0.6 is 11.6 Å². The van der Waals surface area contributed by atoms with E-state index in [-0.39, 0.29) is 6.10 Å². The third kappa shape index (κ3) is 3.57. The normalized spacial score (nSPS) is 21.2. The second-order valence-electron chi connectivity index (χ2n) is 4.68. The van der Waals surface area contributed by atoms with Gasteiger partial charge < -0.3 is 9.47 Å². The Hall–Kier alpha value is -0.840. The molecule has 2 rings (SSSR count). The van der Waals surface area contributed by atoms with Gasteiger partial charge in [-0.1, -0.05) is 11.6 Å². The highest BCUT2D eigenvalue weighted by atomic mass is 35.5. The molecule has 2 heterocycles. The Kier molecular flexibility index (Phi) is 4.80. The van der Waals surface area contributed by atoms with Crippen LogP contribution in [-0.2, 0) is 4.74 Å². The molecule has 0 aromatic carbocycles. The number of hydrogen-bond donors (Lipinski definition) is 0. The molecule has 5 heteroatoms. The van der Waals surface area contributed by atoms with E-state index in [1.165, 1.54) is 0 Å². The van der Waals surface area contributed by atoms with Crippen molar-refractivity contribution in [2.75, 3.05) is 26.3 Å². The van der Waals surface area contributed by atoms with Gasteiger partial charge in [0.15, 0.2) is 10.9 Å². The number of halogens is 1. The van der Waals surface area contributed by atoms with Crippen LogP contribution in [0.1, 0.15) is 13.8 Å². The smallest absolute Gasteiger partial charge is 0.171 e. The second kappa shape index (κ2) is 6.36. The molecule has 0 saturated carbocycles. The zero-order valence-corrected chi connectivity index (χ0v) is 11.6. The predicted molar refractivity (Wildman–Crippen MR) is 71.2 cm³/mol. The lowest BCUT2D eigenvalue weighted by Crippen LogP contribution is -2.47. The highest BCUT2D eigenvalue weighted by Crippen LogP contribution is 2.21. The van der Waals surface area contributed by atoms with E-state index in [1.807, 2.05) is 12.1 Å². The number of pyridine rings is 1. The van der Waals surface area contributed by atoms with Crippen molar-refractivity contribution >= 4 is 11.6 Å². The number of rotatable bonds is 4. The van der Waals surface area contributed by atoms with Gasteiger partial charge in [-0.2, -0.15) is 0 Å². The van der Waals surface area contributed by atoms with Crippen LogP contribution in [0.3, 0.4) is 0 Å². The average Bonchev–Trinajstić information content (AvgIpc) is 2.38. The summed E-state index contributed by atoms with van der Waals surface area (Å²) in [7, 11) is 0. The topological polar surface area (TPSA) is 34.6 Å². The van der Waals surface area contributed by atoms with E-state index < -0.39 is 0 Å². The van der Waals surface area contributed by atoms with Crippen LogP contribution in [0.2, 0.25) is 5.15 Å². The number of hydrogen-bond acceptors (Lipinski definition) is 4. The molecule has 1 aliphatic rings. The fourth-order valence-corrected chi connectivity index (χ4v) is 2.15. The molecule has 100 valence electrons. The first-order valence-corrected chi connectivity index (χ1v) is 6.63. The lowest BCUT2D eigenvalue weighted by molar-refractivity contribution is -0.0564. The maximum atomic E-state index is 5.93. The molecule has 0 aliphatic carbocycles. The van der Waals surface area contributed by atoms with E-state index in [1.54, 1.807) is 6.20 Å². The summed E-state index contributed by atoms with van der Waals surface area (Å²) >= 11 is 5.93. The molecule has 0 radical (unpaired) electrons. The average molecular weight is 271 g/mol. The second-order valence-corrected chi connectivity index (χ2v) is 5.04. The van der Waals surface area contributed by atoms with Crippen molar-refractivity contribution in [1.82, 2.24) is 9.88 Å². The van der Waals surface area contributed by atoms with E-state index >= 15 is 0 Å². The Morgan fingerprint density at radius 2 is 2.44 bits per heavy atom. The van der Waals surface area contributed by atoms with Crippen molar-refractivity contribution in [1.29, 1.82) is 0 Å². The van der Waals surface area contributed by atoms with Gasteiger partial charge in [-0.05, 0) is 26.0 Å². The summed E-state index contributed by atoms with van der Waals surface area (Å²) < 4.78 is 11.3. The molecule has 1 aromatic rings. The first-order chi connectivity index (χ1) is 8.66. The summed E-state index contributed by atoms with van der Waals surface area (Å²) in [6.07, 6.45) is 1.74. The molecule has 0 N–H and O–H groups in total. The lowest BCUT2D eigenvalue weighted by Gasteiger charge is -2.35. The summed E-state index contributed by atoms with van der Waals surface area (Å²) in [5.41, 5.74) is 0. The summed E-state index contributed by atoms with van der Waals surface area (Å²) in [5.74, 6) is 0.615. The van der Waals surface area contributed by atoms with Crippen molar-refractivity contribution in [2.24, 2.45) is 0 Å². The molecular formula is C13H19ClN2O2. The molecule has 1 atom stereocenters. The van der Waals surface area contributed by atoms with Crippen LogP contribution in [0.25, 0.3) is 0 Å². The highest BCUT2D eigenvalue weighted by Gasteiger charge is 2.22. The van der Waals surface area contributed by atoms with Crippen molar-refractivity contribution in [3.8, 4) is 5.75 Å². The Bertz CT molecular complexity index is 387. The number of nitrogens with zero attached hydrogens (tertiary/aromatic N) is 2. The molecule has 1 aromatic heterocycles. The molecule has 1 fully saturated rings. The van der Waals surface area contributed by atoms with Crippen molar-refractivity contribution < 1.29 is 9.47 Å². The van der Waals surface area contributed by atoms with Crippen molar-refractivity contribution in [3.05, 3.63) is 23.5 Å². The molecule has 0 spiro atoms. The highest BCUT2D eigenvalue weighted by molar-refractivity contribution is 6.30. The minimum atomic E-state index is 0.0948. The predicted octanol–water partition coefficient (Wildman–Crippen LogP) is 2.22. The zero-order valence-electron chi connectivity index (χ0n) is 10.8.